The summed E-state index contributed by atoms with van der Waals surface area (Å²) in [6, 6.07) is 7.61. The first kappa shape index (κ1) is 13.1. The molecule has 0 aliphatic rings. The Labute approximate surface area is 110 Å². The summed E-state index contributed by atoms with van der Waals surface area (Å²) in [5, 5.41) is 8.63. The highest BCUT2D eigenvalue weighted by Gasteiger charge is 2.11. The molecule has 1 N–H and O–H groups in total. The maximum Gasteiger partial charge on any atom is 0.132 e. The monoisotopic (exact) mass is 261 g/mol. The minimum absolute atomic E-state index is 0.0136. The third-order valence-corrected chi connectivity index (χ3v) is 2.96. The molecule has 1 heterocycles. The summed E-state index contributed by atoms with van der Waals surface area (Å²) in [4.78, 5) is 0. The molecule has 19 heavy (non-hydrogen) atoms. The van der Waals surface area contributed by atoms with Crippen molar-refractivity contribution in [1.82, 2.24) is 4.68 Å². The van der Waals surface area contributed by atoms with Gasteiger partial charge in [-0.2, -0.15) is 5.26 Å². The fraction of sp³-hybridized carbons (Fsp3) is 0.214. The minimum atomic E-state index is -0.716. The van der Waals surface area contributed by atoms with E-state index < -0.39 is 11.6 Å². The second-order valence-corrected chi connectivity index (χ2v) is 4.32. The van der Waals surface area contributed by atoms with E-state index in [1.165, 1.54) is 0 Å². The molecule has 5 heteroatoms. The number of rotatable bonds is 3. The van der Waals surface area contributed by atoms with Crippen molar-refractivity contribution in [2.75, 3.05) is 5.43 Å². The number of aryl methyl sites for hydroxylation is 2. The molecule has 0 bridgehead atoms. The van der Waals surface area contributed by atoms with Crippen LogP contribution in [0.1, 0.15) is 22.5 Å². The zero-order chi connectivity index (χ0) is 14.0. The van der Waals surface area contributed by atoms with E-state index in [9.17, 15) is 8.78 Å². The molecule has 0 amide bonds. The molecule has 2 aromatic rings. The Hall–Kier alpha value is -2.35. The van der Waals surface area contributed by atoms with Crippen LogP contribution in [0, 0.1) is 36.8 Å². The largest absolute Gasteiger partial charge is 0.321 e. The van der Waals surface area contributed by atoms with E-state index in [-0.39, 0.29) is 17.7 Å². The molecule has 0 unspecified atom stereocenters. The number of nitrogens with zero attached hydrogens (tertiary/aromatic N) is 2. The lowest BCUT2D eigenvalue weighted by molar-refractivity contribution is 0.553. The van der Waals surface area contributed by atoms with Crippen LogP contribution in [-0.2, 0) is 6.54 Å². The number of hydrogen-bond acceptors (Lipinski definition) is 2. The van der Waals surface area contributed by atoms with Gasteiger partial charge in [-0.15, -0.1) is 0 Å². The quantitative estimate of drug-likeness (QED) is 0.922. The standard InChI is InChI=1S/C14H13F2N3/c1-9-3-4-10(2)19(9)18-8-12-13(15)5-11(7-17)6-14(12)16/h3-6,18H,8H2,1-2H3. The van der Waals surface area contributed by atoms with Gasteiger partial charge in [0.2, 0.25) is 0 Å². The van der Waals surface area contributed by atoms with Gasteiger partial charge < -0.3 is 5.43 Å². The van der Waals surface area contributed by atoms with Crippen molar-refractivity contribution in [3.05, 3.63) is 58.4 Å². The Balaban J connectivity index is 2.24. The maximum absolute atomic E-state index is 13.7. The van der Waals surface area contributed by atoms with E-state index >= 15 is 0 Å². The summed E-state index contributed by atoms with van der Waals surface area (Å²) in [5.41, 5.74) is 4.75. The summed E-state index contributed by atoms with van der Waals surface area (Å²) < 4.78 is 29.1. The lowest BCUT2D eigenvalue weighted by Gasteiger charge is -2.13. The first-order chi connectivity index (χ1) is 9.02. The molecule has 3 nitrogen and oxygen atoms in total. The summed E-state index contributed by atoms with van der Waals surface area (Å²) >= 11 is 0. The first-order valence-electron chi connectivity index (χ1n) is 5.79. The highest BCUT2D eigenvalue weighted by atomic mass is 19.1. The predicted molar refractivity (Wildman–Crippen MR) is 68.0 cm³/mol. The Morgan fingerprint density at radius 3 is 2.16 bits per heavy atom. The van der Waals surface area contributed by atoms with E-state index in [1.807, 2.05) is 26.0 Å². The highest BCUT2D eigenvalue weighted by Crippen LogP contribution is 2.16. The van der Waals surface area contributed by atoms with Crippen molar-refractivity contribution in [2.24, 2.45) is 0 Å². The lowest BCUT2D eigenvalue weighted by atomic mass is 10.1. The lowest BCUT2D eigenvalue weighted by Crippen LogP contribution is -2.18. The van der Waals surface area contributed by atoms with Crippen LogP contribution in [0.4, 0.5) is 8.78 Å². The molecule has 0 spiro atoms. The van der Waals surface area contributed by atoms with E-state index in [0.717, 1.165) is 23.5 Å². The molecule has 0 radical (unpaired) electrons. The van der Waals surface area contributed by atoms with Gasteiger partial charge in [0.05, 0.1) is 18.2 Å². The van der Waals surface area contributed by atoms with Crippen LogP contribution in [0.2, 0.25) is 0 Å². The van der Waals surface area contributed by atoms with Crippen LogP contribution in [0.25, 0.3) is 0 Å². The van der Waals surface area contributed by atoms with Crippen LogP contribution >= 0.6 is 0 Å². The Morgan fingerprint density at radius 1 is 1.16 bits per heavy atom. The average Bonchev–Trinajstić information content (AvgIpc) is 2.68. The van der Waals surface area contributed by atoms with E-state index in [2.05, 4.69) is 5.43 Å². The van der Waals surface area contributed by atoms with Gasteiger partial charge in [0.25, 0.3) is 0 Å². The molecule has 1 aromatic heterocycles. The fourth-order valence-electron chi connectivity index (χ4n) is 1.91. The molecule has 0 aliphatic carbocycles. The second-order valence-electron chi connectivity index (χ2n) is 4.32. The number of halogens is 2. The SMILES string of the molecule is Cc1ccc(C)n1NCc1c(F)cc(C#N)cc1F. The summed E-state index contributed by atoms with van der Waals surface area (Å²) in [6.45, 7) is 3.80. The van der Waals surface area contributed by atoms with Crippen LogP contribution < -0.4 is 5.43 Å². The van der Waals surface area contributed by atoms with Gasteiger partial charge in [-0.3, -0.25) is 4.68 Å². The van der Waals surface area contributed by atoms with Gasteiger partial charge in [0, 0.05) is 17.0 Å². The third kappa shape index (κ3) is 2.58. The highest BCUT2D eigenvalue weighted by molar-refractivity contribution is 5.34. The molecule has 0 saturated heterocycles. The molecule has 98 valence electrons. The first-order valence-corrected chi connectivity index (χ1v) is 5.79. The van der Waals surface area contributed by atoms with Crippen LogP contribution in [0.3, 0.4) is 0 Å². The molecule has 1 aromatic carbocycles. The van der Waals surface area contributed by atoms with Gasteiger partial charge >= 0.3 is 0 Å². The normalized spacial score (nSPS) is 10.3. The number of aromatic nitrogens is 1. The van der Waals surface area contributed by atoms with Crippen molar-refractivity contribution >= 4 is 0 Å². The van der Waals surface area contributed by atoms with E-state index in [4.69, 9.17) is 5.26 Å². The molecule has 0 aliphatic heterocycles. The van der Waals surface area contributed by atoms with Gasteiger partial charge in [0.1, 0.15) is 11.6 Å². The number of benzene rings is 1. The molecule has 0 fully saturated rings. The number of nitrogens with one attached hydrogen (secondary N) is 1. The van der Waals surface area contributed by atoms with Gasteiger partial charge in [-0.05, 0) is 38.1 Å². The van der Waals surface area contributed by atoms with Crippen molar-refractivity contribution in [2.45, 2.75) is 20.4 Å². The van der Waals surface area contributed by atoms with Gasteiger partial charge in [-0.1, -0.05) is 0 Å². The maximum atomic E-state index is 13.7. The third-order valence-electron chi connectivity index (χ3n) is 2.96. The zero-order valence-corrected chi connectivity index (χ0v) is 10.7. The van der Waals surface area contributed by atoms with Crippen molar-refractivity contribution in [1.29, 1.82) is 5.26 Å². The minimum Gasteiger partial charge on any atom is -0.321 e. The van der Waals surface area contributed by atoms with Crippen molar-refractivity contribution in [3.63, 3.8) is 0 Å². The number of hydrogen-bond donors (Lipinski definition) is 1. The van der Waals surface area contributed by atoms with E-state index in [0.29, 0.717) is 0 Å². The predicted octanol–water partition coefficient (Wildman–Crippen LogP) is 3.00. The molecular formula is C14H13F2N3. The summed E-state index contributed by atoms with van der Waals surface area (Å²) in [5.74, 6) is -1.43. The van der Waals surface area contributed by atoms with Gasteiger partial charge in [0.15, 0.2) is 0 Å². The zero-order valence-electron chi connectivity index (χ0n) is 10.7. The Morgan fingerprint density at radius 2 is 1.68 bits per heavy atom. The topological polar surface area (TPSA) is 40.8 Å². The van der Waals surface area contributed by atoms with Crippen LogP contribution in [0.5, 0.6) is 0 Å². The Bertz CT molecular complexity index is 611. The molecule has 0 atom stereocenters. The van der Waals surface area contributed by atoms with Crippen molar-refractivity contribution < 1.29 is 8.78 Å². The smallest absolute Gasteiger partial charge is 0.132 e. The number of nitriles is 1. The van der Waals surface area contributed by atoms with E-state index in [1.54, 1.807) is 10.7 Å². The average molecular weight is 261 g/mol. The second kappa shape index (κ2) is 5.11. The van der Waals surface area contributed by atoms with Crippen LogP contribution in [-0.4, -0.2) is 4.68 Å². The molecular weight excluding hydrogens is 248 g/mol. The van der Waals surface area contributed by atoms with Crippen molar-refractivity contribution in [3.8, 4) is 6.07 Å². The Kier molecular flexibility index (Phi) is 3.52. The molecule has 2 rings (SSSR count). The molecule has 0 saturated carbocycles. The fourth-order valence-corrected chi connectivity index (χ4v) is 1.91. The summed E-state index contributed by atoms with van der Waals surface area (Å²) in [7, 11) is 0. The van der Waals surface area contributed by atoms with Gasteiger partial charge in [-0.25, -0.2) is 8.78 Å². The van der Waals surface area contributed by atoms with Crippen LogP contribution in [0.15, 0.2) is 24.3 Å². The summed E-state index contributed by atoms with van der Waals surface area (Å²) in [6.07, 6.45) is 0.